The Balaban J connectivity index is 2.77. The molecule has 1 aromatic rings. The molecule has 162 valence electrons. The average molecular weight is 429 g/mol. The van der Waals surface area contributed by atoms with Gasteiger partial charge in [-0.2, -0.15) is 5.26 Å². The standard InChI is InChI=1S/C25H33ClN2O2/c1-15(2)22-21(23(29)30-25(6,7)8)20(16-9-11-17(26)12-10-16)18(14-27)19(28-22)13-24(3,4)5/h9-12,15,18,20H,13H2,1-8H3. The number of esters is 1. The first-order valence-electron chi connectivity index (χ1n) is 10.4. The Bertz CT molecular complexity index is 891. The number of carbonyl (C=O) groups excluding carboxylic acids is 1. The second kappa shape index (κ2) is 8.94. The van der Waals surface area contributed by atoms with Gasteiger partial charge in [0.15, 0.2) is 0 Å². The largest absolute Gasteiger partial charge is 0.457 e. The van der Waals surface area contributed by atoms with Gasteiger partial charge in [0.2, 0.25) is 0 Å². The number of nitriles is 1. The Labute approximate surface area is 186 Å². The highest BCUT2D eigenvalue weighted by atomic mass is 35.5. The second-order valence-corrected chi connectivity index (χ2v) is 10.9. The number of rotatable bonds is 4. The van der Waals surface area contributed by atoms with Crippen LogP contribution in [0.15, 0.2) is 40.5 Å². The molecule has 0 amide bonds. The van der Waals surface area contributed by atoms with Crippen LogP contribution in [-0.2, 0) is 9.53 Å². The predicted molar refractivity (Wildman–Crippen MR) is 123 cm³/mol. The van der Waals surface area contributed by atoms with Crippen LogP contribution in [0.1, 0.15) is 73.3 Å². The molecule has 0 fully saturated rings. The molecule has 0 N–H and O–H groups in total. The molecule has 1 aliphatic rings. The fourth-order valence-corrected chi connectivity index (χ4v) is 3.80. The summed E-state index contributed by atoms with van der Waals surface area (Å²) in [4.78, 5) is 18.2. The lowest BCUT2D eigenvalue weighted by atomic mass is 9.72. The van der Waals surface area contributed by atoms with E-state index < -0.39 is 23.4 Å². The third kappa shape index (κ3) is 5.95. The van der Waals surface area contributed by atoms with Crippen molar-refractivity contribution in [2.75, 3.05) is 0 Å². The topological polar surface area (TPSA) is 62.5 Å². The van der Waals surface area contributed by atoms with Crippen molar-refractivity contribution in [2.24, 2.45) is 22.2 Å². The number of hydrogen-bond acceptors (Lipinski definition) is 4. The van der Waals surface area contributed by atoms with E-state index in [0.717, 1.165) is 11.3 Å². The summed E-state index contributed by atoms with van der Waals surface area (Å²) >= 11 is 6.11. The minimum Gasteiger partial charge on any atom is -0.457 e. The van der Waals surface area contributed by atoms with Gasteiger partial charge < -0.3 is 4.74 Å². The first-order chi connectivity index (χ1) is 13.7. The number of hydrogen-bond donors (Lipinski definition) is 0. The van der Waals surface area contributed by atoms with E-state index in [1.54, 1.807) is 12.1 Å². The van der Waals surface area contributed by atoms with Crippen LogP contribution in [0.25, 0.3) is 0 Å². The molecule has 0 radical (unpaired) electrons. The summed E-state index contributed by atoms with van der Waals surface area (Å²) in [5.41, 5.74) is 2.19. The van der Waals surface area contributed by atoms with Gasteiger partial charge in [-0.05, 0) is 56.2 Å². The molecule has 4 nitrogen and oxygen atoms in total. The monoisotopic (exact) mass is 428 g/mol. The zero-order chi connectivity index (χ0) is 22.9. The summed E-state index contributed by atoms with van der Waals surface area (Å²) in [6.07, 6.45) is 0.674. The van der Waals surface area contributed by atoms with Crippen molar-refractivity contribution in [1.82, 2.24) is 0 Å². The molecule has 0 bridgehead atoms. The molecule has 0 spiro atoms. The summed E-state index contributed by atoms with van der Waals surface area (Å²) in [5.74, 6) is -1.40. The number of ether oxygens (including phenoxy) is 1. The highest BCUT2D eigenvalue weighted by Crippen LogP contribution is 2.43. The summed E-state index contributed by atoms with van der Waals surface area (Å²) in [5, 5.41) is 10.8. The molecule has 0 aliphatic carbocycles. The lowest BCUT2D eigenvalue weighted by molar-refractivity contribution is -0.150. The number of carbonyl (C=O) groups is 1. The van der Waals surface area contributed by atoms with Crippen LogP contribution in [0, 0.1) is 28.6 Å². The highest BCUT2D eigenvalue weighted by molar-refractivity contribution is 6.30. The van der Waals surface area contributed by atoms with Crippen LogP contribution in [0.5, 0.6) is 0 Å². The van der Waals surface area contributed by atoms with E-state index in [9.17, 15) is 10.1 Å². The number of nitrogens with zero attached hydrogens (tertiary/aromatic N) is 2. The van der Waals surface area contributed by atoms with Crippen LogP contribution >= 0.6 is 11.6 Å². The van der Waals surface area contributed by atoms with Gasteiger partial charge in [-0.15, -0.1) is 0 Å². The number of aliphatic imine (C=N–C) groups is 1. The maximum Gasteiger partial charge on any atom is 0.337 e. The molecular weight excluding hydrogens is 396 g/mol. The third-order valence-electron chi connectivity index (χ3n) is 4.79. The normalized spacial score (nSPS) is 20.1. The molecular formula is C25H33ClN2O2. The summed E-state index contributed by atoms with van der Waals surface area (Å²) < 4.78 is 5.76. The van der Waals surface area contributed by atoms with Crippen molar-refractivity contribution in [3.63, 3.8) is 0 Å². The third-order valence-corrected chi connectivity index (χ3v) is 5.04. The molecule has 30 heavy (non-hydrogen) atoms. The predicted octanol–water partition coefficient (Wildman–Crippen LogP) is 6.71. The van der Waals surface area contributed by atoms with E-state index in [1.165, 1.54) is 0 Å². The Morgan fingerprint density at radius 3 is 2.17 bits per heavy atom. The molecule has 1 aliphatic heterocycles. The molecule has 1 aromatic carbocycles. The molecule has 2 unspecified atom stereocenters. The van der Waals surface area contributed by atoms with Gasteiger partial charge in [-0.25, -0.2) is 4.79 Å². The van der Waals surface area contributed by atoms with Crippen LogP contribution in [0.3, 0.4) is 0 Å². The summed E-state index contributed by atoms with van der Waals surface area (Å²) in [6, 6.07) is 9.81. The van der Waals surface area contributed by atoms with E-state index >= 15 is 0 Å². The van der Waals surface area contributed by atoms with Crippen molar-refractivity contribution in [2.45, 2.75) is 73.3 Å². The van der Waals surface area contributed by atoms with E-state index in [1.807, 2.05) is 46.8 Å². The zero-order valence-corrected chi connectivity index (χ0v) is 20.1. The number of benzene rings is 1. The summed E-state index contributed by atoms with van der Waals surface area (Å²) in [7, 11) is 0. The lowest BCUT2D eigenvalue weighted by Gasteiger charge is -2.35. The molecule has 2 rings (SSSR count). The second-order valence-electron chi connectivity index (χ2n) is 10.4. The van der Waals surface area contributed by atoms with Gasteiger partial charge in [-0.1, -0.05) is 58.4 Å². The van der Waals surface area contributed by atoms with Crippen LogP contribution in [0.2, 0.25) is 5.02 Å². The number of allylic oxidation sites excluding steroid dienone is 1. The lowest BCUT2D eigenvalue weighted by Crippen LogP contribution is -2.35. The highest BCUT2D eigenvalue weighted by Gasteiger charge is 2.42. The van der Waals surface area contributed by atoms with Crippen molar-refractivity contribution < 1.29 is 9.53 Å². The molecule has 2 atom stereocenters. The maximum atomic E-state index is 13.3. The maximum absolute atomic E-state index is 13.3. The first-order valence-corrected chi connectivity index (χ1v) is 10.8. The van der Waals surface area contributed by atoms with Crippen molar-refractivity contribution in [1.29, 1.82) is 5.26 Å². The smallest absolute Gasteiger partial charge is 0.337 e. The molecule has 0 saturated heterocycles. The Morgan fingerprint density at radius 1 is 1.17 bits per heavy atom. The fourth-order valence-electron chi connectivity index (χ4n) is 3.68. The van der Waals surface area contributed by atoms with Crippen molar-refractivity contribution in [3.8, 4) is 6.07 Å². The van der Waals surface area contributed by atoms with Gasteiger partial charge in [0.05, 0.1) is 23.3 Å². The van der Waals surface area contributed by atoms with Crippen molar-refractivity contribution in [3.05, 3.63) is 46.1 Å². The van der Waals surface area contributed by atoms with E-state index in [0.29, 0.717) is 22.7 Å². The van der Waals surface area contributed by atoms with Gasteiger partial charge in [-0.3, -0.25) is 4.99 Å². The van der Waals surface area contributed by atoms with Gasteiger partial charge >= 0.3 is 5.97 Å². The van der Waals surface area contributed by atoms with Crippen molar-refractivity contribution >= 4 is 23.3 Å². The van der Waals surface area contributed by atoms with Crippen LogP contribution in [-0.4, -0.2) is 17.3 Å². The quantitative estimate of drug-likeness (QED) is 0.501. The fraction of sp³-hybridized carbons (Fsp3) is 0.560. The van der Waals surface area contributed by atoms with E-state index in [2.05, 4.69) is 26.8 Å². The van der Waals surface area contributed by atoms with E-state index in [-0.39, 0.29) is 11.3 Å². The SMILES string of the molecule is CC(C)C1=C(C(=O)OC(C)(C)C)C(c2ccc(Cl)cc2)C(C#N)C(CC(C)(C)C)=N1. The average Bonchev–Trinajstić information content (AvgIpc) is 2.58. The molecule has 1 heterocycles. The minimum atomic E-state index is -0.645. The Hall–Kier alpha value is -2.12. The van der Waals surface area contributed by atoms with Crippen LogP contribution in [0.4, 0.5) is 0 Å². The van der Waals surface area contributed by atoms with Gasteiger partial charge in [0.25, 0.3) is 0 Å². The Kier molecular flexibility index (Phi) is 7.20. The molecule has 5 heteroatoms. The van der Waals surface area contributed by atoms with Crippen LogP contribution < -0.4 is 0 Å². The zero-order valence-electron chi connectivity index (χ0n) is 19.3. The van der Waals surface area contributed by atoms with E-state index in [4.69, 9.17) is 21.3 Å². The first kappa shape index (κ1) is 24.2. The Morgan fingerprint density at radius 2 is 1.73 bits per heavy atom. The summed E-state index contributed by atoms with van der Waals surface area (Å²) in [6.45, 7) is 16.0. The van der Waals surface area contributed by atoms with Gasteiger partial charge in [0.1, 0.15) is 5.60 Å². The molecule has 0 saturated carbocycles. The number of halogens is 1. The van der Waals surface area contributed by atoms with Gasteiger partial charge in [0, 0.05) is 16.7 Å². The minimum absolute atomic E-state index is 0.0110. The molecule has 0 aromatic heterocycles.